The lowest BCUT2D eigenvalue weighted by Gasteiger charge is -2.03. The van der Waals surface area contributed by atoms with Crippen LogP contribution in [-0.2, 0) is 4.74 Å². The summed E-state index contributed by atoms with van der Waals surface area (Å²) in [6, 6.07) is 0. The summed E-state index contributed by atoms with van der Waals surface area (Å²) in [6.07, 6.45) is 3.65. The molecule has 0 fully saturated rings. The predicted molar refractivity (Wildman–Crippen MR) is 57.0 cm³/mol. The number of ether oxygens (including phenoxy) is 1. The van der Waals surface area contributed by atoms with Crippen LogP contribution in [0.25, 0.3) is 0 Å². The molecule has 0 rings (SSSR count). The van der Waals surface area contributed by atoms with Gasteiger partial charge in [0, 0.05) is 18.5 Å². The number of hydrogen-bond donors (Lipinski definition) is 1. The fourth-order valence-corrected chi connectivity index (χ4v) is 1.31. The number of alkyl halides is 1. The monoisotopic (exact) mass is 237 g/mol. The van der Waals surface area contributed by atoms with Gasteiger partial charge < -0.3 is 10.1 Å². The van der Waals surface area contributed by atoms with E-state index in [9.17, 15) is 0 Å². The molecule has 0 heterocycles. The van der Waals surface area contributed by atoms with E-state index in [-0.39, 0.29) is 0 Å². The van der Waals surface area contributed by atoms with Crippen molar-refractivity contribution in [2.24, 2.45) is 0 Å². The summed E-state index contributed by atoms with van der Waals surface area (Å²) in [5, 5.41) is 4.50. The van der Waals surface area contributed by atoms with Crippen molar-refractivity contribution in [2.45, 2.75) is 26.2 Å². The molecule has 0 radical (unpaired) electrons. The Morgan fingerprint density at radius 3 is 2.58 bits per heavy atom. The van der Waals surface area contributed by atoms with Crippen LogP contribution in [0.5, 0.6) is 0 Å². The molecule has 0 saturated heterocycles. The quantitative estimate of drug-likeness (QED) is 0.491. The van der Waals surface area contributed by atoms with E-state index >= 15 is 0 Å². The van der Waals surface area contributed by atoms with Crippen molar-refractivity contribution in [2.75, 3.05) is 31.6 Å². The number of hydrogen-bond acceptors (Lipinski definition) is 2. The van der Waals surface area contributed by atoms with Crippen LogP contribution in [-0.4, -0.2) is 31.6 Å². The lowest BCUT2D eigenvalue weighted by molar-refractivity contribution is 0.145. The van der Waals surface area contributed by atoms with Crippen molar-refractivity contribution in [3.8, 4) is 0 Å². The molecule has 0 aliphatic heterocycles. The maximum absolute atomic E-state index is 5.21. The lowest BCUT2D eigenvalue weighted by atomic mass is 10.3. The van der Waals surface area contributed by atoms with Crippen LogP contribution in [0.1, 0.15) is 26.2 Å². The van der Waals surface area contributed by atoms with Gasteiger partial charge in [-0.1, -0.05) is 15.9 Å². The normalized spacial score (nSPS) is 10.5. The van der Waals surface area contributed by atoms with E-state index < -0.39 is 0 Å². The third-order valence-electron chi connectivity index (χ3n) is 1.58. The van der Waals surface area contributed by atoms with E-state index in [0.29, 0.717) is 0 Å². The van der Waals surface area contributed by atoms with Gasteiger partial charge in [0.1, 0.15) is 0 Å². The Balaban J connectivity index is 2.73. The van der Waals surface area contributed by atoms with E-state index in [0.717, 1.165) is 38.1 Å². The molecular weight excluding hydrogens is 218 g/mol. The Labute approximate surface area is 84.2 Å². The number of nitrogens with one attached hydrogen (secondary N) is 1. The Morgan fingerprint density at radius 2 is 1.92 bits per heavy atom. The summed E-state index contributed by atoms with van der Waals surface area (Å²) in [7, 11) is 0. The zero-order valence-electron chi connectivity index (χ0n) is 7.94. The minimum Gasteiger partial charge on any atom is -0.382 e. The van der Waals surface area contributed by atoms with Gasteiger partial charge in [0.2, 0.25) is 0 Å². The van der Waals surface area contributed by atoms with E-state index in [1.54, 1.807) is 0 Å². The molecule has 74 valence electrons. The van der Waals surface area contributed by atoms with Crippen LogP contribution in [0.15, 0.2) is 0 Å². The molecule has 0 aliphatic rings. The fraction of sp³-hybridized carbons (Fsp3) is 1.00. The molecule has 0 saturated carbocycles. The van der Waals surface area contributed by atoms with Gasteiger partial charge in [-0.15, -0.1) is 0 Å². The first-order valence-corrected chi connectivity index (χ1v) is 5.88. The molecule has 0 aromatic carbocycles. The molecule has 1 N–H and O–H groups in total. The topological polar surface area (TPSA) is 21.3 Å². The summed E-state index contributed by atoms with van der Waals surface area (Å²) >= 11 is 3.40. The Morgan fingerprint density at radius 1 is 1.17 bits per heavy atom. The summed E-state index contributed by atoms with van der Waals surface area (Å²) in [5.41, 5.74) is 0. The van der Waals surface area contributed by atoms with Gasteiger partial charge in [-0.2, -0.15) is 0 Å². The lowest BCUT2D eigenvalue weighted by Crippen LogP contribution is -2.18. The van der Waals surface area contributed by atoms with Crippen molar-refractivity contribution in [1.82, 2.24) is 5.32 Å². The smallest absolute Gasteiger partial charge is 0.0477 e. The van der Waals surface area contributed by atoms with Crippen LogP contribution in [0.4, 0.5) is 0 Å². The molecule has 0 aromatic heterocycles. The third kappa shape index (κ3) is 10.4. The van der Waals surface area contributed by atoms with Gasteiger partial charge >= 0.3 is 0 Å². The van der Waals surface area contributed by atoms with Crippen LogP contribution in [0, 0.1) is 0 Å². The number of unbranched alkanes of at least 4 members (excludes halogenated alkanes) is 1. The van der Waals surface area contributed by atoms with Crippen molar-refractivity contribution in [3.63, 3.8) is 0 Å². The fourth-order valence-electron chi connectivity index (χ4n) is 0.913. The molecule has 0 amide bonds. The van der Waals surface area contributed by atoms with Crippen molar-refractivity contribution >= 4 is 15.9 Å². The van der Waals surface area contributed by atoms with Gasteiger partial charge in [0.15, 0.2) is 0 Å². The Kier molecular flexibility index (Phi) is 11.8. The second-order valence-electron chi connectivity index (χ2n) is 2.70. The van der Waals surface area contributed by atoms with Crippen molar-refractivity contribution in [1.29, 1.82) is 0 Å². The highest BCUT2D eigenvalue weighted by Gasteiger charge is 1.88. The maximum atomic E-state index is 5.21. The summed E-state index contributed by atoms with van der Waals surface area (Å²) in [6.45, 7) is 5.98. The van der Waals surface area contributed by atoms with Crippen molar-refractivity contribution < 1.29 is 4.74 Å². The average Bonchev–Trinajstić information content (AvgIpc) is 2.10. The SMILES string of the molecule is CCOCCCNCCCCBr. The standard InChI is InChI=1S/C9H20BrNO/c1-2-12-9-5-8-11-7-4-3-6-10/h11H,2-9H2,1H3. The molecule has 0 atom stereocenters. The van der Waals surface area contributed by atoms with Gasteiger partial charge in [0.05, 0.1) is 0 Å². The summed E-state index contributed by atoms with van der Waals surface area (Å²) < 4.78 is 5.21. The van der Waals surface area contributed by atoms with E-state index in [2.05, 4.69) is 21.2 Å². The summed E-state index contributed by atoms with van der Waals surface area (Å²) in [4.78, 5) is 0. The van der Waals surface area contributed by atoms with E-state index in [1.165, 1.54) is 12.8 Å². The second-order valence-corrected chi connectivity index (χ2v) is 3.49. The van der Waals surface area contributed by atoms with E-state index in [4.69, 9.17) is 4.74 Å². The largest absolute Gasteiger partial charge is 0.382 e. The number of halogens is 1. The second kappa shape index (κ2) is 11.4. The van der Waals surface area contributed by atoms with Crippen LogP contribution in [0.3, 0.4) is 0 Å². The first kappa shape index (κ1) is 12.4. The molecule has 0 unspecified atom stereocenters. The van der Waals surface area contributed by atoms with Gasteiger partial charge in [0.25, 0.3) is 0 Å². The highest BCUT2D eigenvalue weighted by Crippen LogP contribution is 1.91. The minimum absolute atomic E-state index is 0.837. The molecule has 0 spiro atoms. The molecular formula is C9H20BrNO. The van der Waals surface area contributed by atoms with Gasteiger partial charge in [-0.3, -0.25) is 0 Å². The van der Waals surface area contributed by atoms with Gasteiger partial charge in [-0.05, 0) is 39.3 Å². The molecule has 12 heavy (non-hydrogen) atoms. The molecule has 3 heteroatoms. The Hall–Kier alpha value is 0.400. The minimum atomic E-state index is 0.837. The molecule has 0 aliphatic carbocycles. The molecule has 2 nitrogen and oxygen atoms in total. The zero-order chi connectivity index (χ0) is 9.07. The number of rotatable bonds is 9. The molecule has 0 bridgehead atoms. The molecule has 0 aromatic rings. The third-order valence-corrected chi connectivity index (χ3v) is 2.14. The van der Waals surface area contributed by atoms with Gasteiger partial charge in [-0.25, -0.2) is 0 Å². The maximum Gasteiger partial charge on any atom is 0.0477 e. The predicted octanol–water partition coefficient (Wildman–Crippen LogP) is 2.18. The Bertz CT molecular complexity index is 70.9. The highest BCUT2D eigenvalue weighted by molar-refractivity contribution is 9.09. The average molecular weight is 238 g/mol. The highest BCUT2D eigenvalue weighted by atomic mass is 79.9. The first-order valence-electron chi connectivity index (χ1n) is 4.76. The van der Waals surface area contributed by atoms with Crippen molar-refractivity contribution in [3.05, 3.63) is 0 Å². The van der Waals surface area contributed by atoms with Crippen LogP contribution in [0.2, 0.25) is 0 Å². The zero-order valence-corrected chi connectivity index (χ0v) is 9.53. The van der Waals surface area contributed by atoms with Crippen LogP contribution < -0.4 is 5.32 Å². The summed E-state index contributed by atoms with van der Waals surface area (Å²) in [5.74, 6) is 0. The van der Waals surface area contributed by atoms with E-state index in [1.807, 2.05) is 6.92 Å². The van der Waals surface area contributed by atoms with Crippen LogP contribution >= 0.6 is 15.9 Å². The first-order chi connectivity index (χ1) is 5.91.